The number of nitrogens with zero attached hydrogens (tertiary/aromatic N) is 4. The molecule has 12 heteroatoms. The van der Waals surface area contributed by atoms with Gasteiger partial charge in [-0.15, -0.1) is 0 Å². The van der Waals surface area contributed by atoms with Gasteiger partial charge in [0.2, 0.25) is 11.8 Å². The molecule has 2 heterocycles. The van der Waals surface area contributed by atoms with E-state index in [-0.39, 0.29) is 45.1 Å². The first kappa shape index (κ1) is 24.3. The van der Waals surface area contributed by atoms with Crippen molar-refractivity contribution in [3.8, 4) is 34.0 Å². The Morgan fingerprint density at radius 2 is 0.975 bits per heavy atom. The largest absolute Gasteiger partial charge is 0.403 e. The predicted molar refractivity (Wildman–Crippen MR) is 144 cm³/mol. The second-order valence-electron chi connectivity index (χ2n) is 8.69. The summed E-state index contributed by atoms with van der Waals surface area (Å²) in [5, 5.41) is 22.5. The summed E-state index contributed by atoms with van der Waals surface area (Å²) >= 11 is 0. The maximum atomic E-state index is 12.8. The highest BCUT2D eigenvalue weighted by molar-refractivity contribution is 5.88. The van der Waals surface area contributed by atoms with E-state index >= 15 is 0 Å². The Morgan fingerprint density at radius 3 is 1.38 bits per heavy atom. The Morgan fingerprint density at radius 1 is 0.550 bits per heavy atom. The van der Waals surface area contributed by atoms with Gasteiger partial charge in [0.05, 0.1) is 31.7 Å². The van der Waals surface area contributed by atoms with E-state index < -0.39 is 21.1 Å². The van der Waals surface area contributed by atoms with Crippen LogP contribution in [0.1, 0.15) is 0 Å². The van der Waals surface area contributed by atoms with Gasteiger partial charge in [-0.25, -0.2) is 19.6 Å². The van der Waals surface area contributed by atoms with Crippen molar-refractivity contribution in [3.63, 3.8) is 0 Å². The third kappa shape index (κ3) is 4.35. The summed E-state index contributed by atoms with van der Waals surface area (Å²) in [4.78, 5) is 55.4. The van der Waals surface area contributed by atoms with Gasteiger partial charge in [0.15, 0.2) is 0 Å². The Bertz CT molecular complexity index is 1980. The van der Waals surface area contributed by atoms with Gasteiger partial charge in [0, 0.05) is 35.4 Å². The standard InChI is InChI=1S/C28H14N4O8/c33-27-21-13-15(7-9-23(21)29-25(39-27)17-3-1-5-19(11-17)31(35)36)16-8-10-24-22(14-16)28(34)40-26(30-24)18-4-2-6-20(12-18)32(37)38/h1-14H. The van der Waals surface area contributed by atoms with Crippen LogP contribution in [0.4, 0.5) is 11.4 Å². The highest BCUT2D eigenvalue weighted by Gasteiger charge is 2.16. The van der Waals surface area contributed by atoms with Crippen molar-refractivity contribution in [3.05, 3.63) is 126 Å². The fourth-order valence-corrected chi connectivity index (χ4v) is 4.26. The van der Waals surface area contributed by atoms with Crippen molar-refractivity contribution in [2.45, 2.75) is 0 Å². The molecule has 2 aromatic heterocycles. The minimum atomic E-state index is -0.683. The quantitative estimate of drug-likeness (QED) is 0.203. The molecular formula is C28H14N4O8. The van der Waals surface area contributed by atoms with Crippen LogP contribution in [-0.4, -0.2) is 19.8 Å². The smallest absolute Gasteiger partial charge is 0.347 e. The van der Waals surface area contributed by atoms with Crippen LogP contribution in [0.15, 0.2) is 103 Å². The van der Waals surface area contributed by atoms with E-state index in [9.17, 15) is 29.8 Å². The number of nitro groups is 2. The molecule has 0 saturated heterocycles. The minimum Gasteiger partial charge on any atom is -0.403 e. The molecule has 0 radical (unpaired) electrons. The van der Waals surface area contributed by atoms with E-state index in [1.54, 1.807) is 48.5 Å². The molecule has 0 atom stereocenters. The second-order valence-corrected chi connectivity index (χ2v) is 8.69. The van der Waals surface area contributed by atoms with Crippen LogP contribution in [-0.2, 0) is 0 Å². The molecule has 194 valence electrons. The number of non-ortho nitro benzene ring substituents is 2. The van der Waals surface area contributed by atoms with Crippen molar-refractivity contribution >= 4 is 33.2 Å². The van der Waals surface area contributed by atoms with Crippen molar-refractivity contribution in [1.82, 2.24) is 9.97 Å². The van der Waals surface area contributed by atoms with Gasteiger partial charge in [0.1, 0.15) is 0 Å². The molecule has 0 aliphatic carbocycles. The Hall–Kier alpha value is -6.04. The number of nitro benzene ring substituents is 2. The van der Waals surface area contributed by atoms with Crippen LogP contribution in [0.3, 0.4) is 0 Å². The molecule has 0 aliphatic heterocycles. The molecule has 0 unspecified atom stereocenters. The molecule has 0 N–H and O–H groups in total. The lowest BCUT2D eigenvalue weighted by atomic mass is 10.0. The van der Waals surface area contributed by atoms with Gasteiger partial charge >= 0.3 is 11.3 Å². The van der Waals surface area contributed by atoms with E-state index in [2.05, 4.69) is 9.97 Å². The number of aromatic nitrogens is 2. The third-order valence-electron chi connectivity index (χ3n) is 6.20. The molecule has 0 aliphatic rings. The number of fused-ring (bicyclic) bond motifs is 2. The molecule has 0 bridgehead atoms. The molecule has 40 heavy (non-hydrogen) atoms. The maximum absolute atomic E-state index is 12.8. The Balaban J connectivity index is 1.39. The van der Waals surface area contributed by atoms with Crippen molar-refractivity contribution in [1.29, 1.82) is 0 Å². The molecule has 0 spiro atoms. The SMILES string of the molecule is O=c1oc(-c2cccc([N+](=O)[O-])c2)nc2ccc(-c3ccc4nc(-c5cccc([N+](=O)[O-])c5)oc(=O)c4c3)cc12. The number of rotatable bonds is 5. The normalized spacial score (nSPS) is 11.1. The molecule has 12 nitrogen and oxygen atoms in total. The molecule has 0 saturated carbocycles. The highest BCUT2D eigenvalue weighted by atomic mass is 16.6. The van der Waals surface area contributed by atoms with Gasteiger partial charge in [-0.05, 0) is 47.5 Å². The molecule has 6 rings (SSSR count). The first-order valence-corrected chi connectivity index (χ1v) is 11.7. The minimum absolute atomic E-state index is 0.0529. The molecule has 6 aromatic rings. The molecule has 0 amide bonds. The number of benzene rings is 4. The summed E-state index contributed by atoms with van der Waals surface area (Å²) in [6.45, 7) is 0. The third-order valence-corrected chi connectivity index (χ3v) is 6.20. The highest BCUT2D eigenvalue weighted by Crippen LogP contribution is 2.28. The zero-order valence-electron chi connectivity index (χ0n) is 20.1. The average molecular weight is 534 g/mol. The topological polar surface area (TPSA) is 172 Å². The zero-order valence-corrected chi connectivity index (χ0v) is 20.1. The fourth-order valence-electron chi connectivity index (χ4n) is 4.26. The molecular weight excluding hydrogens is 520 g/mol. The zero-order chi connectivity index (χ0) is 28.0. The van der Waals surface area contributed by atoms with E-state index in [4.69, 9.17) is 8.83 Å². The predicted octanol–water partition coefficient (Wildman–Crippen LogP) is 5.51. The van der Waals surface area contributed by atoms with Crippen LogP contribution >= 0.6 is 0 Å². The van der Waals surface area contributed by atoms with Gasteiger partial charge in [0.25, 0.3) is 11.4 Å². The molecule has 4 aromatic carbocycles. The van der Waals surface area contributed by atoms with Crippen molar-refractivity contribution in [2.24, 2.45) is 0 Å². The van der Waals surface area contributed by atoms with Gasteiger partial charge in [-0.2, -0.15) is 0 Å². The lowest BCUT2D eigenvalue weighted by Gasteiger charge is -2.07. The lowest BCUT2D eigenvalue weighted by Crippen LogP contribution is -2.04. The number of hydrogen-bond donors (Lipinski definition) is 0. The second kappa shape index (κ2) is 9.36. The summed E-state index contributed by atoms with van der Waals surface area (Å²) in [7, 11) is 0. The van der Waals surface area contributed by atoms with Crippen LogP contribution in [0.5, 0.6) is 0 Å². The Labute approximate surface area is 222 Å². The van der Waals surface area contributed by atoms with Gasteiger partial charge in [-0.1, -0.05) is 24.3 Å². The lowest BCUT2D eigenvalue weighted by molar-refractivity contribution is -0.385. The monoisotopic (exact) mass is 534 g/mol. The molecule has 0 fully saturated rings. The van der Waals surface area contributed by atoms with Crippen molar-refractivity contribution < 1.29 is 18.7 Å². The van der Waals surface area contributed by atoms with Crippen molar-refractivity contribution in [2.75, 3.05) is 0 Å². The van der Waals surface area contributed by atoms with E-state index in [0.29, 0.717) is 22.2 Å². The first-order valence-electron chi connectivity index (χ1n) is 11.7. The van der Waals surface area contributed by atoms with Gasteiger partial charge < -0.3 is 8.83 Å². The maximum Gasteiger partial charge on any atom is 0.347 e. The number of hydrogen-bond acceptors (Lipinski definition) is 10. The summed E-state index contributed by atoms with van der Waals surface area (Å²) in [6.07, 6.45) is 0. The summed E-state index contributed by atoms with van der Waals surface area (Å²) in [6, 6.07) is 21.0. The van der Waals surface area contributed by atoms with E-state index in [0.717, 1.165) is 0 Å². The van der Waals surface area contributed by atoms with Crippen LogP contribution in [0.2, 0.25) is 0 Å². The Kier molecular flexibility index (Phi) is 5.69. The van der Waals surface area contributed by atoms with Crippen LogP contribution in [0.25, 0.3) is 55.8 Å². The van der Waals surface area contributed by atoms with Crippen LogP contribution in [0, 0.1) is 20.2 Å². The average Bonchev–Trinajstić information content (AvgIpc) is 2.97. The summed E-state index contributed by atoms with van der Waals surface area (Å²) in [5.74, 6) is -0.106. The summed E-state index contributed by atoms with van der Waals surface area (Å²) in [5.41, 5.74) is 0.715. The first-order chi connectivity index (χ1) is 19.3. The summed E-state index contributed by atoms with van der Waals surface area (Å²) < 4.78 is 10.7. The van der Waals surface area contributed by atoms with E-state index in [1.165, 1.54) is 36.4 Å². The van der Waals surface area contributed by atoms with E-state index in [1.807, 2.05) is 0 Å². The van der Waals surface area contributed by atoms with Crippen LogP contribution < -0.4 is 11.3 Å². The van der Waals surface area contributed by atoms with Gasteiger partial charge in [-0.3, -0.25) is 20.2 Å². The fraction of sp³-hybridized carbons (Fsp3) is 0.